The van der Waals surface area contributed by atoms with Gasteiger partial charge in [-0.2, -0.15) is 0 Å². The molecule has 2 amide bonds. The topological polar surface area (TPSA) is 108 Å². The van der Waals surface area contributed by atoms with Gasteiger partial charge in [0, 0.05) is 18.8 Å². The quantitative estimate of drug-likeness (QED) is 0.416. The van der Waals surface area contributed by atoms with Crippen LogP contribution in [0, 0.1) is 0 Å². The molecule has 0 spiro atoms. The first kappa shape index (κ1) is 24.9. The summed E-state index contributed by atoms with van der Waals surface area (Å²) >= 11 is 0. The average molecular weight is 488 g/mol. The minimum Gasteiger partial charge on any atom is -0.478 e. The molecule has 1 heterocycles. The van der Waals surface area contributed by atoms with Crippen LogP contribution in [0.5, 0.6) is 11.5 Å². The summed E-state index contributed by atoms with van der Waals surface area (Å²) in [5.41, 5.74) is 1.72. The molecule has 186 valence electrons. The number of carboxylic acids is 1. The van der Waals surface area contributed by atoms with Gasteiger partial charge in [-0.25, -0.2) is 4.79 Å². The number of para-hydroxylation sites is 1. The van der Waals surface area contributed by atoms with E-state index in [0.717, 1.165) is 24.2 Å². The van der Waals surface area contributed by atoms with Gasteiger partial charge >= 0.3 is 5.97 Å². The molecule has 0 bridgehead atoms. The van der Waals surface area contributed by atoms with Gasteiger partial charge in [0.15, 0.2) is 0 Å². The molecule has 3 aromatic carbocycles. The molecule has 0 aromatic heterocycles. The molecule has 8 heteroatoms. The smallest absolute Gasteiger partial charge is 0.335 e. The van der Waals surface area contributed by atoms with Crippen molar-refractivity contribution in [2.75, 3.05) is 18.4 Å². The maximum Gasteiger partial charge on any atom is 0.335 e. The summed E-state index contributed by atoms with van der Waals surface area (Å²) in [7, 11) is 0. The second-order valence-corrected chi connectivity index (χ2v) is 8.68. The van der Waals surface area contributed by atoms with Crippen LogP contribution in [0.25, 0.3) is 0 Å². The lowest BCUT2D eigenvalue weighted by Crippen LogP contribution is -2.47. The molecule has 0 saturated carbocycles. The predicted molar refractivity (Wildman–Crippen MR) is 136 cm³/mol. The van der Waals surface area contributed by atoms with Crippen LogP contribution in [-0.4, -0.2) is 46.9 Å². The fraction of sp³-hybridized carbons (Fsp3) is 0.250. The van der Waals surface area contributed by atoms with Crippen molar-refractivity contribution in [1.29, 1.82) is 0 Å². The third-order valence-corrected chi connectivity index (χ3v) is 5.98. The third kappa shape index (κ3) is 6.93. The number of nitrogens with zero attached hydrogens (tertiary/aromatic N) is 1. The normalized spacial score (nSPS) is 15.7. The molecule has 3 aromatic rings. The molecule has 1 fully saturated rings. The fourth-order valence-corrected chi connectivity index (χ4v) is 4.08. The minimum atomic E-state index is -0.980. The van der Waals surface area contributed by atoms with Crippen LogP contribution in [0.3, 0.4) is 0 Å². The zero-order valence-corrected chi connectivity index (χ0v) is 19.9. The van der Waals surface area contributed by atoms with E-state index < -0.39 is 12.0 Å². The molecule has 1 aliphatic rings. The third-order valence-electron chi connectivity index (χ3n) is 5.98. The van der Waals surface area contributed by atoms with Crippen LogP contribution in [-0.2, 0) is 16.1 Å². The molecule has 0 radical (unpaired) electrons. The van der Waals surface area contributed by atoms with Crippen molar-refractivity contribution in [1.82, 2.24) is 10.2 Å². The summed E-state index contributed by atoms with van der Waals surface area (Å²) in [6, 6.07) is 22.6. The van der Waals surface area contributed by atoms with Gasteiger partial charge in [-0.1, -0.05) is 30.3 Å². The standard InChI is InChI=1S/C28H29N3O5/c32-26(30-22-13-15-24(16-14-22)36-23-6-2-1-3-7-23)18-29-25-8-4-5-17-31(27(25)33)19-20-9-11-21(12-10-20)28(34)35/h1-3,6-7,9-16,25,29H,4-5,8,17-19H2,(H,30,32)(H,34,35)/t25-/m0/s1. The van der Waals surface area contributed by atoms with Crippen molar-refractivity contribution in [3.63, 3.8) is 0 Å². The number of hydrogen-bond donors (Lipinski definition) is 3. The van der Waals surface area contributed by atoms with E-state index in [1.54, 1.807) is 53.4 Å². The van der Waals surface area contributed by atoms with E-state index in [-0.39, 0.29) is 23.9 Å². The number of carbonyl (C=O) groups is 3. The number of anilines is 1. The number of amides is 2. The van der Waals surface area contributed by atoms with E-state index in [0.29, 0.717) is 30.9 Å². The molecule has 1 saturated heterocycles. The van der Waals surface area contributed by atoms with Crippen molar-refractivity contribution >= 4 is 23.5 Å². The Bertz CT molecular complexity index is 1180. The highest BCUT2D eigenvalue weighted by Gasteiger charge is 2.27. The monoisotopic (exact) mass is 487 g/mol. The Morgan fingerprint density at radius 3 is 2.31 bits per heavy atom. The van der Waals surface area contributed by atoms with E-state index in [9.17, 15) is 14.4 Å². The second-order valence-electron chi connectivity index (χ2n) is 8.68. The first-order chi connectivity index (χ1) is 17.5. The Morgan fingerprint density at radius 1 is 0.917 bits per heavy atom. The maximum atomic E-state index is 13.1. The Hall–Kier alpha value is -4.17. The van der Waals surface area contributed by atoms with Crippen LogP contribution in [0.2, 0.25) is 0 Å². The van der Waals surface area contributed by atoms with Gasteiger partial charge < -0.3 is 20.1 Å². The van der Waals surface area contributed by atoms with Gasteiger partial charge in [0.05, 0.1) is 18.2 Å². The summed E-state index contributed by atoms with van der Waals surface area (Å²) < 4.78 is 5.76. The predicted octanol–water partition coefficient (Wildman–Crippen LogP) is 4.29. The van der Waals surface area contributed by atoms with E-state index in [2.05, 4.69) is 10.6 Å². The zero-order valence-electron chi connectivity index (χ0n) is 19.9. The summed E-state index contributed by atoms with van der Waals surface area (Å²) in [5, 5.41) is 15.0. The summed E-state index contributed by atoms with van der Waals surface area (Å²) in [6.45, 7) is 1.04. The van der Waals surface area contributed by atoms with Gasteiger partial charge in [-0.05, 0) is 73.4 Å². The molecular formula is C28H29N3O5. The lowest BCUT2D eigenvalue weighted by atomic mass is 10.1. The number of likely N-dealkylation sites (tertiary alicyclic amines) is 1. The Balaban J connectivity index is 1.27. The van der Waals surface area contributed by atoms with Crippen molar-refractivity contribution in [2.45, 2.75) is 31.8 Å². The fourth-order valence-electron chi connectivity index (χ4n) is 4.08. The number of aromatic carboxylic acids is 1. The van der Waals surface area contributed by atoms with Crippen LogP contribution in [0.15, 0.2) is 78.9 Å². The molecule has 36 heavy (non-hydrogen) atoms. The van der Waals surface area contributed by atoms with Crippen molar-refractivity contribution < 1.29 is 24.2 Å². The van der Waals surface area contributed by atoms with E-state index in [4.69, 9.17) is 9.84 Å². The highest BCUT2D eigenvalue weighted by Crippen LogP contribution is 2.22. The highest BCUT2D eigenvalue weighted by molar-refractivity contribution is 5.93. The van der Waals surface area contributed by atoms with Gasteiger partial charge in [-0.3, -0.25) is 14.9 Å². The highest BCUT2D eigenvalue weighted by atomic mass is 16.5. The molecular weight excluding hydrogens is 458 g/mol. The van der Waals surface area contributed by atoms with Crippen LogP contribution in [0.4, 0.5) is 5.69 Å². The summed E-state index contributed by atoms with van der Waals surface area (Å²) in [4.78, 5) is 38.4. The van der Waals surface area contributed by atoms with Gasteiger partial charge in [0.25, 0.3) is 0 Å². The van der Waals surface area contributed by atoms with E-state index in [1.165, 1.54) is 0 Å². The SMILES string of the molecule is O=C(CN[C@H]1CCCCN(Cc2ccc(C(=O)O)cc2)C1=O)Nc1ccc(Oc2ccccc2)cc1. The number of carbonyl (C=O) groups excluding carboxylic acids is 2. The molecule has 8 nitrogen and oxygen atoms in total. The van der Waals surface area contributed by atoms with Gasteiger partial charge in [0.2, 0.25) is 11.8 Å². The number of ether oxygens (including phenoxy) is 1. The minimum absolute atomic E-state index is 0.0137. The molecule has 1 atom stereocenters. The number of nitrogens with one attached hydrogen (secondary N) is 2. The summed E-state index contributed by atoms with van der Waals surface area (Å²) in [5.74, 6) is 0.132. The van der Waals surface area contributed by atoms with Crippen molar-refractivity contribution in [3.8, 4) is 11.5 Å². The summed E-state index contributed by atoms with van der Waals surface area (Å²) in [6.07, 6.45) is 2.41. The number of carboxylic acid groups (broad SMARTS) is 1. The number of benzene rings is 3. The van der Waals surface area contributed by atoms with Crippen molar-refractivity contribution in [2.24, 2.45) is 0 Å². The molecule has 3 N–H and O–H groups in total. The van der Waals surface area contributed by atoms with Crippen molar-refractivity contribution in [3.05, 3.63) is 90.0 Å². The van der Waals surface area contributed by atoms with Gasteiger partial charge in [-0.15, -0.1) is 0 Å². The van der Waals surface area contributed by atoms with Crippen LogP contribution >= 0.6 is 0 Å². The average Bonchev–Trinajstić information content (AvgIpc) is 3.06. The van der Waals surface area contributed by atoms with Crippen LogP contribution < -0.4 is 15.4 Å². The lowest BCUT2D eigenvalue weighted by Gasteiger charge is -2.25. The first-order valence-corrected chi connectivity index (χ1v) is 11.9. The second kappa shape index (κ2) is 12.0. The molecule has 0 aliphatic carbocycles. The zero-order chi connectivity index (χ0) is 25.3. The van der Waals surface area contributed by atoms with E-state index in [1.807, 2.05) is 30.3 Å². The van der Waals surface area contributed by atoms with Crippen LogP contribution in [0.1, 0.15) is 35.2 Å². The van der Waals surface area contributed by atoms with Gasteiger partial charge in [0.1, 0.15) is 11.5 Å². The Morgan fingerprint density at radius 2 is 1.61 bits per heavy atom. The Labute approximate surface area is 209 Å². The van der Waals surface area contributed by atoms with E-state index >= 15 is 0 Å². The Kier molecular flexibility index (Phi) is 8.31. The molecule has 0 unspecified atom stereocenters. The number of hydrogen-bond acceptors (Lipinski definition) is 5. The maximum absolute atomic E-state index is 13.1. The largest absolute Gasteiger partial charge is 0.478 e. The molecule has 1 aliphatic heterocycles. The number of rotatable bonds is 9. The lowest BCUT2D eigenvalue weighted by molar-refractivity contribution is -0.133. The first-order valence-electron chi connectivity index (χ1n) is 11.9. The molecule has 4 rings (SSSR count).